The number of aromatic nitrogens is 1. The molecule has 7 nitrogen and oxygen atoms in total. The molecule has 0 radical (unpaired) electrons. The average Bonchev–Trinajstić information content (AvgIpc) is 2.71. The molecular formula is C22H20F5N3O4. The maximum Gasteiger partial charge on any atom is 0.387 e. The number of ether oxygens (including phenoxy) is 2. The Balaban J connectivity index is 1.59. The Kier molecular flexibility index (Phi) is 6.43. The summed E-state index contributed by atoms with van der Waals surface area (Å²) >= 11 is 0. The molecule has 0 spiro atoms. The lowest BCUT2D eigenvalue weighted by atomic mass is 9.92. The van der Waals surface area contributed by atoms with E-state index in [1.807, 2.05) is 0 Å². The number of rotatable bonds is 7. The molecule has 1 atom stereocenters. The van der Waals surface area contributed by atoms with Gasteiger partial charge in [0.25, 0.3) is 11.8 Å². The van der Waals surface area contributed by atoms with Crippen molar-refractivity contribution in [2.75, 3.05) is 24.7 Å². The van der Waals surface area contributed by atoms with Crippen LogP contribution >= 0.6 is 0 Å². The van der Waals surface area contributed by atoms with Gasteiger partial charge in [-0.05, 0) is 5.56 Å². The molecule has 0 N–H and O–H groups in total. The van der Waals surface area contributed by atoms with Crippen molar-refractivity contribution in [2.45, 2.75) is 32.0 Å². The number of benzene rings is 1. The van der Waals surface area contributed by atoms with E-state index >= 15 is 0 Å². The average molecular weight is 485 g/mol. The molecular weight excluding hydrogens is 465 g/mol. The summed E-state index contributed by atoms with van der Waals surface area (Å²) in [5, 5.41) is 0. The Morgan fingerprint density at radius 3 is 2.41 bits per heavy atom. The fourth-order valence-electron chi connectivity index (χ4n) is 3.89. The fourth-order valence-corrected chi connectivity index (χ4v) is 3.89. The lowest BCUT2D eigenvalue weighted by Crippen LogP contribution is -2.65. The molecule has 4 rings (SSSR count). The van der Waals surface area contributed by atoms with Gasteiger partial charge in [0, 0.05) is 31.0 Å². The molecule has 2 amide bonds. The van der Waals surface area contributed by atoms with Crippen LogP contribution < -0.4 is 9.64 Å². The molecule has 2 aliphatic heterocycles. The number of carbonyl (C=O) groups is 2. The van der Waals surface area contributed by atoms with Crippen LogP contribution in [0.3, 0.4) is 0 Å². The van der Waals surface area contributed by atoms with Gasteiger partial charge in [0.1, 0.15) is 18.3 Å². The number of piperazine rings is 1. The van der Waals surface area contributed by atoms with Crippen molar-refractivity contribution in [3.05, 3.63) is 53.5 Å². The van der Waals surface area contributed by atoms with Crippen molar-refractivity contribution in [3.63, 3.8) is 0 Å². The Labute approximate surface area is 191 Å². The highest BCUT2D eigenvalue weighted by Crippen LogP contribution is 2.32. The van der Waals surface area contributed by atoms with Crippen LogP contribution in [0.2, 0.25) is 0 Å². The highest BCUT2D eigenvalue weighted by Gasteiger charge is 2.47. The molecule has 2 aromatic rings. The minimum Gasteiger partial charge on any atom is -0.433 e. The number of hydrogen-bond donors (Lipinski definition) is 0. The van der Waals surface area contributed by atoms with E-state index in [-0.39, 0.29) is 31.2 Å². The van der Waals surface area contributed by atoms with E-state index in [1.54, 1.807) is 0 Å². The van der Waals surface area contributed by atoms with E-state index in [2.05, 4.69) is 9.72 Å². The summed E-state index contributed by atoms with van der Waals surface area (Å²) in [5.74, 6) is -6.63. The summed E-state index contributed by atoms with van der Waals surface area (Å²) in [4.78, 5) is 32.3. The Morgan fingerprint density at radius 1 is 1.21 bits per heavy atom. The summed E-state index contributed by atoms with van der Waals surface area (Å²) in [6.45, 7) is -2.56. The van der Waals surface area contributed by atoms with Crippen LogP contribution in [0.5, 0.6) is 5.75 Å². The van der Waals surface area contributed by atoms with Gasteiger partial charge in [-0.25, -0.2) is 18.2 Å². The molecule has 1 aromatic heterocycles. The first kappa shape index (κ1) is 23.9. The number of hydrogen-bond acceptors (Lipinski definition) is 5. The molecule has 34 heavy (non-hydrogen) atoms. The number of nitrogens with zero attached hydrogens (tertiary/aromatic N) is 3. The highest BCUT2D eigenvalue weighted by atomic mass is 19.3. The first-order valence-corrected chi connectivity index (χ1v) is 10.3. The van der Waals surface area contributed by atoms with Gasteiger partial charge in [0.15, 0.2) is 11.6 Å². The van der Waals surface area contributed by atoms with Crippen LogP contribution in [-0.2, 0) is 26.8 Å². The zero-order chi connectivity index (χ0) is 24.6. The third-order valence-corrected chi connectivity index (χ3v) is 5.67. The third-order valence-electron chi connectivity index (χ3n) is 5.67. The number of pyridine rings is 1. The molecule has 1 aromatic carbocycles. The standard InChI is InChI=1S/C22H20F5N3O4/c1-22(26,27)14-4-2-12(3-5-14)8-29-17(31)9-30(20(32)18(29)13-10-33-11-13)19-16(23)6-15(7-28-19)34-21(24)25/h2-7,13,18,21H,8-11H2,1H3/t18-/m0/s1. The van der Waals surface area contributed by atoms with Crippen LogP contribution in [0.25, 0.3) is 0 Å². The van der Waals surface area contributed by atoms with Crippen LogP contribution in [0.4, 0.5) is 27.8 Å². The third kappa shape index (κ3) is 4.81. The number of alkyl halides is 4. The first-order valence-electron chi connectivity index (χ1n) is 10.3. The van der Waals surface area contributed by atoms with Gasteiger partial charge in [-0.15, -0.1) is 0 Å². The maximum absolute atomic E-state index is 14.6. The highest BCUT2D eigenvalue weighted by molar-refractivity contribution is 6.06. The van der Waals surface area contributed by atoms with Gasteiger partial charge in [0.2, 0.25) is 5.91 Å². The van der Waals surface area contributed by atoms with Crippen molar-refractivity contribution >= 4 is 17.6 Å². The molecule has 0 saturated carbocycles. The van der Waals surface area contributed by atoms with Gasteiger partial charge in [-0.3, -0.25) is 14.5 Å². The Morgan fingerprint density at radius 2 is 1.88 bits per heavy atom. The lowest BCUT2D eigenvalue weighted by molar-refractivity contribution is -0.155. The summed E-state index contributed by atoms with van der Waals surface area (Å²) in [6, 6.07) is 5.07. The Bertz CT molecular complexity index is 1070. The van der Waals surface area contributed by atoms with E-state index in [0.29, 0.717) is 11.6 Å². The monoisotopic (exact) mass is 485 g/mol. The van der Waals surface area contributed by atoms with E-state index in [0.717, 1.165) is 18.0 Å². The number of halogens is 5. The number of carbonyl (C=O) groups excluding carboxylic acids is 2. The van der Waals surface area contributed by atoms with Crippen molar-refractivity contribution in [1.82, 2.24) is 9.88 Å². The van der Waals surface area contributed by atoms with Crippen LogP contribution in [0, 0.1) is 11.7 Å². The zero-order valence-electron chi connectivity index (χ0n) is 17.9. The lowest BCUT2D eigenvalue weighted by Gasteiger charge is -2.45. The van der Waals surface area contributed by atoms with E-state index in [4.69, 9.17) is 4.74 Å². The minimum atomic E-state index is -3.18. The predicted molar refractivity (Wildman–Crippen MR) is 108 cm³/mol. The fraction of sp³-hybridized carbons (Fsp3) is 0.409. The summed E-state index contributed by atoms with van der Waals surface area (Å²) < 4.78 is 75.6. The summed E-state index contributed by atoms with van der Waals surface area (Å²) in [7, 11) is 0. The second-order valence-corrected chi connectivity index (χ2v) is 8.13. The molecule has 2 aliphatic rings. The van der Waals surface area contributed by atoms with Gasteiger partial charge in [0.05, 0.1) is 19.4 Å². The van der Waals surface area contributed by atoms with Crippen LogP contribution in [0.15, 0.2) is 36.5 Å². The van der Waals surface area contributed by atoms with E-state index in [9.17, 15) is 31.5 Å². The molecule has 182 valence electrons. The largest absolute Gasteiger partial charge is 0.433 e. The number of anilines is 1. The van der Waals surface area contributed by atoms with Crippen molar-refractivity contribution in [1.29, 1.82) is 0 Å². The van der Waals surface area contributed by atoms with E-state index in [1.165, 1.54) is 29.2 Å². The van der Waals surface area contributed by atoms with Crippen LogP contribution in [-0.4, -0.2) is 54.1 Å². The molecule has 2 fully saturated rings. The van der Waals surface area contributed by atoms with Crippen LogP contribution in [0.1, 0.15) is 18.1 Å². The summed E-state index contributed by atoms with van der Waals surface area (Å²) in [6.07, 6.45) is 0.835. The Hall–Kier alpha value is -3.28. The van der Waals surface area contributed by atoms with E-state index < -0.39 is 54.3 Å². The molecule has 12 heteroatoms. The van der Waals surface area contributed by atoms with Crippen molar-refractivity contribution < 1.29 is 41.0 Å². The number of amides is 2. The smallest absolute Gasteiger partial charge is 0.387 e. The first-order chi connectivity index (χ1) is 16.0. The van der Waals surface area contributed by atoms with Gasteiger partial charge in [-0.1, -0.05) is 24.3 Å². The van der Waals surface area contributed by atoms with Gasteiger partial charge < -0.3 is 14.4 Å². The second-order valence-electron chi connectivity index (χ2n) is 8.13. The quantitative estimate of drug-likeness (QED) is 0.563. The zero-order valence-corrected chi connectivity index (χ0v) is 17.9. The molecule has 0 unspecified atom stereocenters. The SMILES string of the molecule is CC(F)(F)c1ccc(CN2C(=O)CN(c3ncc(OC(F)F)cc3F)C(=O)[C@@H]2C2COC2)cc1. The van der Waals surface area contributed by atoms with Crippen molar-refractivity contribution in [3.8, 4) is 5.75 Å². The normalized spacial score (nSPS) is 19.6. The molecule has 2 saturated heterocycles. The molecule has 0 aliphatic carbocycles. The molecule has 3 heterocycles. The molecule has 0 bridgehead atoms. The predicted octanol–water partition coefficient (Wildman–Crippen LogP) is 3.32. The summed E-state index contributed by atoms with van der Waals surface area (Å²) in [5.41, 5.74) is 0.346. The van der Waals surface area contributed by atoms with Crippen molar-refractivity contribution in [2.24, 2.45) is 5.92 Å². The second kappa shape index (κ2) is 9.16. The maximum atomic E-state index is 14.6. The van der Waals surface area contributed by atoms with Gasteiger partial charge >= 0.3 is 6.61 Å². The van der Waals surface area contributed by atoms with Gasteiger partial charge in [-0.2, -0.15) is 8.78 Å². The minimum absolute atomic E-state index is 0.0216. The topological polar surface area (TPSA) is 72.0 Å².